The molecule has 7 nitrogen and oxygen atoms in total. The lowest BCUT2D eigenvalue weighted by molar-refractivity contribution is 0.0438. The van der Waals surface area contributed by atoms with Gasteiger partial charge >= 0.3 is 5.97 Å². The standard InChI is InChI=1S/C22H22N2O5/c1-4-27-17-7-9-18-15(12-23)13-24(20(18)11-17)16-6-8-19(22(25)28-5-2)21(10-16)29-14-26-3/h6-11,13H,4-5,14H2,1-3H3. The first kappa shape index (κ1) is 20.2. The van der Waals surface area contributed by atoms with E-state index in [-0.39, 0.29) is 13.4 Å². The van der Waals surface area contributed by atoms with E-state index in [0.29, 0.717) is 29.2 Å². The summed E-state index contributed by atoms with van der Waals surface area (Å²) in [4.78, 5) is 12.2. The van der Waals surface area contributed by atoms with E-state index in [1.165, 1.54) is 7.11 Å². The molecule has 0 aliphatic carbocycles. The Kier molecular flexibility index (Phi) is 6.37. The summed E-state index contributed by atoms with van der Waals surface area (Å²) >= 11 is 0. The number of methoxy groups -OCH3 is 1. The zero-order valence-electron chi connectivity index (χ0n) is 16.6. The van der Waals surface area contributed by atoms with Crippen molar-refractivity contribution in [1.82, 2.24) is 4.57 Å². The molecular weight excluding hydrogens is 372 g/mol. The molecule has 3 aromatic rings. The Morgan fingerprint density at radius 1 is 1.10 bits per heavy atom. The van der Waals surface area contributed by atoms with E-state index in [1.54, 1.807) is 31.3 Å². The van der Waals surface area contributed by atoms with Crippen LogP contribution in [0.1, 0.15) is 29.8 Å². The maximum atomic E-state index is 12.2. The highest BCUT2D eigenvalue weighted by Gasteiger charge is 2.17. The van der Waals surface area contributed by atoms with Gasteiger partial charge in [-0.05, 0) is 38.1 Å². The minimum absolute atomic E-state index is 0.0137. The summed E-state index contributed by atoms with van der Waals surface area (Å²) in [7, 11) is 1.50. The molecule has 0 amide bonds. The number of hydrogen-bond acceptors (Lipinski definition) is 6. The lowest BCUT2D eigenvalue weighted by atomic mass is 10.1. The molecule has 0 saturated heterocycles. The van der Waals surface area contributed by atoms with Gasteiger partial charge in [-0.15, -0.1) is 0 Å². The SMILES string of the molecule is CCOC(=O)c1ccc(-n2cc(C#N)c3ccc(OCC)cc32)cc1OCOC. The highest BCUT2D eigenvalue weighted by molar-refractivity contribution is 5.93. The minimum Gasteiger partial charge on any atom is -0.494 e. The van der Waals surface area contributed by atoms with Crippen molar-refractivity contribution >= 4 is 16.9 Å². The quantitative estimate of drug-likeness (QED) is 0.423. The van der Waals surface area contributed by atoms with Gasteiger partial charge in [-0.2, -0.15) is 5.26 Å². The molecule has 0 bridgehead atoms. The zero-order valence-corrected chi connectivity index (χ0v) is 16.6. The second-order valence-corrected chi connectivity index (χ2v) is 6.09. The van der Waals surface area contributed by atoms with E-state index in [2.05, 4.69) is 6.07 Å². The molecule has 0 fully saturated rings. The summed E-state index contributed by atoms with van der Waals surface area (Å²) in [6, 6.07) is 13.0. The van der Waals surface area contributed by atoms with Gasteiger partial charge in [0.25, 0.3) is 0 Å². The van der Waals surface area contributed by atoms with Crippen molar-refractivity contribution in [2.24, 2.45) is 0 Å². The Bertz CT molecular complexity index is 1060. The largest absolute Gasteiger partial charge is 0.494 e. The topological polar surface area (TPSA) is 82.7 Å². The molecule has 0 unspecified atom stereocenters. The summed E-state index contributed by atoms with van der Waals surface area (Å²) in [5.41, 5.74) is 2.38. The molecule has 29 heavy (non-hydrogen) atoms. The minimum atomic E-state index is -0.473. The van der Waals surface area contributed by atoms with Crippen LogP contribution in [-0.4, -0.2) is 37.7 Å². The highest BCUT2D eigenvalue weighted by atomic mass is 16.7. The third kappa shape index (κ3) is 4.18. The molecule has 0 radical (unpaired) electrons. The molecular formula is C22H22N2O5. The van der Waals surface area contributed by atoms with E-state index >= 15 is 0 Å². The molecule has 7 heteroatoms. The summed E-state index contributed by atoms with van der Waals surface area (Å²) < 4.78 is 23.1. The number of carbonyl (C=O) groups is 1. The van der Waals surface area contributed by atoms with Gasteiger partial charge in [0.1, 0.15) is 23.1 Å². The molecule has 0 saturated carbocycles. The van der Waals surface area contributed by atoms with Gasteiger partial charge in [-0.1, -0.05) is 0 Å². The molecule has 0 aliphatic rings. The van der Waals surface area contributed by atoms with Crippen molar-refractivity contribution in [1.29, 1.82) is 5.26 Å². The Balaban J connectivity index is 2.14. The first-order valence-corrected chi connectivity index (χ1v) is 9.24. The number of hydrogen-bond donors (Lipinski definition) is 0. The van der Waals surface area contributed by atoms with E-state index in [0.717, 1.165) is 16.6 Å². The first-order valence-electron chi connectivity index (χ1n) is 9.24. The van der Waals surface area contributed by atoms with Crippen LogP contribution in [0.5, 0.6) is 11.5 Å². The van der Waals surface area contributed by atoms with Crippen molar-refractivity contribution in [3.05, 3.63) is 53.7 Å². The van der Waals surface area contributed by atoms with Gasteiger partial charge in [0, 0.05) is 36.5 Å². The lowest BCUT2D eigenvalue weighted by Crippen LogP contribution is -2.10. The molecule has 3 rings (SSSR count). The predicted octanol–water partition coefficient (Wildman–Crippen LogP) is 4.06. The maximum absolute atomic E-state index is 12.2. The van der Waals surface area contributed by atoms with Crippen LogP contribution < -0.4 is 9.47 Å². The van der Waals surface area contributed by atoms with Gasteiger partial charge in [0.15, 0.2) is 6.79 Å². The lowest BCUT2D eigenvalue weighted by Gasteiger charge is -2.13. The number of fused-ring (bicyclic) bond motifs is 1. The van der Waals surface area contributed by atoms with E-state index in [4.69, 9.17) is 18.9 Å². The number of esters is 1. The van der Waals surface area contributed by atoms with Crippen LogP contribution in [-0.2, 0) is 9.47 Å². The average Bonchev–Trinajstić information content (AvgIpc) is 3.10. The van der Waals surface area contributed by atoms with Crippen LogP contribution in [0.2, 0.25) is 0 Å². The fraction of sp³-hybridized carbons (Fsp3) is 0.273. The van der Waals surface area contributed by atoms with Crippen molar-refractivity contribution in [2.45, 2.75) is 13.8 Å². The molecule has 150 valence electrons. The third-order valence-electron chi connectivity index (χ3n) is 4.28. The number of nitrogens with zero attached hydrogens (tertiary/aromatic N) is 2. The Hall–Kier alpha value is -3.50. The van der Waals surface area contributed by atoms with Gasteiger partial charge < -0.3 is 23.5 Å². The highest BCUT2D eigenvalue weighted by Crippen LogP contribution is 2.31. The average molecular weight is 394 g/mol. The summed E-state index contributed by atoms with van der Waals surface area (Å²) in [6.45, 7) is 4.45. The zero-order chi connectivity index (χ0) is 20.8. The molecule has 0 spiro atoms. The van der Waals surface area contributed by atoms with Crippen molar-refractivity contribution in [3.63, 3.8) is 0 Å². The monoisotopic (exact) mass is 394 g/mol. The maximum Gasteiger partial charge on any atom is 0.341 e. The number of nitriles is 1. The normalized spacial score (nSPS) is 10.6. The van der Waals surface area contributed by atoms with Gasteiger partial charge in [0.05, 0.1) is 24.3 Å². The van der Waals surface area contributed by atoms with Crippen molar-refractivity contribution in [2.75, 3.05) is 27.1 Å². The molecule has 1 heterocycles. The molecule has 0 N–H and O–H groups in total. The van der Waals surface area contributed by atoms with Crippen LogP contribution in [0.3, 0.4) is 0 Å². The molecule has 1 aromatic heterocycles. The number of rotatable bonds is 8. The number of aromatic nitrogens is 1. The summed E-state index contributed by atoms with van der Waals surface area (Å²) in [6.07, 6.45) is 1.75. The van der Waals surface area contributed by atoms with Crippen molar-refractivity contribution in [3.8, 4) is 23.3 Å². The van der Waals surface area contributed by atoms with Crippen LogP contribution >= 0.6 is 0 Å². The van der Waals surface area contributed by atoms with Crippen molar-refractivity contribution < 1.29 is 23.7 Å². The summed E-state index contributed by atoms with van der Waals surface area (Å²) in [5.74, 6) is 0.575. The fourth-order valence-corrected chi connectivity index (χ4v) is 3.05. The fourth-order valence-electron chi connectivity index (χ4n) is 3.05. The van der Waals surface area contributed by atoms with Crippen LogP contribution in [0.4, 0.5) is 0 Å². The number of ether oxygens (including phenoxy) is 4. The van der Waals surface area contributed by atoms with Gasteiger partial charge in [0.2, 0.25) is 0 Å². The third-order valence-corrected chi connectivity index (χ3v) is 4.28. The Morgan fingerprint density at radius 2 is 1.93 bits per heavy atom. The molecule has 0 aliphatic heterocycles. The van der Waals surface area contributed by atoms with Crippen LogP contribution in [0, 0.1) is 11.3 Å². The second kappa shape index (κ2) is 9.13. The Labute approximate surface area is 169 Å². The number of benzene rings is 2. The number of carbonyl (C=O) groups excluding carboxylic acids is 1. The van der Waals surface area contributed by atoms with E-state index in [1.807, 2.05) is 29.7 Å². The second-order valence-electron chi connectivity index (χ2n) is 6.09. The van der Waals surface area contributed by atoms with Gasteiger partial charge in [-0.25, -0.2) is 4.79 Å². The molecule has 0 atom stereocenters. The van der Waals surface area contributed by atoms with Crippen LogP contribution in [0.15, 0.2) is 42.6 Å². The smallest absolute Gasteiger partial charge is 0.341 e. The first-order chi connectivity index (χ1) is 14.1. The van der Waals surface area contributed by atoms with Crippen LogP contribution in [0.25, 0.3) is 16.6 Å². The molecule has 2 aromatic carbocycles. The predicted molar refractivity (Wildman–Crippen MR) is 108 cm³/mol. The van der Waals surface area contributed by atoms with Gasteiger partial charge in [-0.3, -0.25) is 0 Å². The Morgan fingerprint density at radius 3 is 2.62 bits per heavy atom. The summed E-state index contributed by atoms with van der Waals surface area (Å²) in [5, 5.41) is 10.3. The van der Waals surface area contributed by atoms with E-state index < -0.39 is 5.97 Å². The van der Waals surface area contributed by atoms with E-state index in [9.17, 15) is 10.1 Å².